The minimum atomic E-state index is -0.482. The fraction of sp³-hybridized carbons (Fsp3) is 0.0159. The smallest absolute Gasteiger partial charge is 0.160 e. The molecule has 0 saturated heterocycles. The second-order valence-corrected chi connectivity index (χ2v) is 17.3. The highest BCUT2D eigenvalue weighted by Crippen LogP contribution is 2.56. The summed E-state index contributed by atoms with van der Waals surface area (Å²) in [5.74, 6) is 0.674. The van der Waals surface area contributed by atoms with Gasteiger partial charge in [0.1, 0.15) is 11.2 Å². The van der Waals surface area contributed by atoms with Gasteiger partial charge in [-0.25, -0.2) is 9.97 Å². The third-order valence-electron chi connectivity index (χ3n) is 13.5. The average Bonchev–Trinajstić information content (AvgIpc) is 3.92. The zero-order valence-corrected chi connectivity index (χ0v) is 35.9. The van der Waals surface area contributed by atoms with Gasteiger partial charge in [-0.1, -0.05) is 188 Å². The molecular formula is C63H40N2O. The summed E-state index contributed by atoms with van der Waals surface area (Å²) in [5, 5.41) is 4.63. The molecule has 2 aromatic heterocycles. The summed E-state index contributed by atoms with van der Waals surface area (Å²) in [6.45, 7) is 0. The molecule has 2 heterocycles. The monoisotopic (exact) mass is 840 g/mol. The van der Waals surface area contributed by atoms with E-state index in [9.17, 15) is 0 Å². The molecule has 0 atom stereocenters. The number of hydrogen-bond acceptors (Lipinski definition) is 3. The zero-order valence-electron chi connectivity index (χ0n) is 35.9. The van der Waals surface area contributed by atoms with Gasteiger partial charge in [0.25, 0.3) is 0 Å². The van der Waals surface area contributed by atoms with E-state index in [1.54, 1.807) is 0 Å². The fourth-order valence-corrected chi connectivity index (χ4v) is 10.5. The van der Waals surface area contributed by atoms with Crippen molar-refractivity contribution in [3.8, 4) is 67.3 Å². The maximum Gasteiger partial charge on any atom is 0.160 e. The summed E-state index contributed by atoms with van der Waals surface area (Å²) in [6.07, 6.45) is 0. The van der Waals surface area contributed by atoms with Gasteiger partial charge in [-0.3, -0.25) is 0 Å². The number of furan rings is 1. The molecule has 0 aliphatic heterocycles. The summed E-state index contributed by atoms with van der Waals surface area (Å²) in [6, 6.07) is 87.1. The van der Waals surface area contributed by atoms with Crippen LogP contribution in [-0.2, 0) is 5.41 Å². The molecule has 0 saturated carbocycles. The van der Waals surface area contributed by atoms with Gasteiger partial charge in [-0.2, -0.15) is 0 Å². The van der Waals surface area contributed by atoms with Crippen LogP contribution < -0.4 is 0 Å². The SMILES string of the molecule is c1ccc(-c2nc(-c3cc(-c4ccc5ccccc5c4)cc(-c4ccc5c(c4)oc4ccccc45)c3)cc(-c3ccc4c(c3)-c3ccccc3C4(c3ccccc3)c3ccccc3)n2)cc1. The number of fused-ring (bicyclic) bond motifs is 7. The summed E-state index contributed by atoms with van der Waals surface area (Å²) in [7, 11) is 0. The zero-order chi connectivity index (χ0) is 43.6. The second-order valence-electron chi connectivity index (χ2n) is 17.3. The lowest BCUT2D eigenvalue weighted by Gasteiger charge is -2.33. The van der Waals surface area contributed by atoms with E-state index in [-0.39, 0.29) is 0 Å². The van der Waals surface area contributed by atoms with E-state index >= 15 is 0 Å². The van der Waals surface area contributed by atoms with Gasteiger partial charge in [0.15, 0.2) is 5.82 Å². The summed E-state index contributed by atoms with van der Waals surface area (Å²) < 4.78 is 6.42. The molecule has 0 N–H and O–H groups in total. The maximum atomic E-state index is 6.42. The van der Waals surface area contributed by atoms with Crippen molar-refractivity contribution < 1.29 is 4.42 Å². The third kappa shape index (κ3) is 6.12. The minimum absolute atomic E-state index is 0.482. The molecule has 66 heavy (non-hydrogen) atoms. The van der Waals surface area contributed by atoms with Gasteiger partial charge in [0, 0.05) is 27.5 Å². The molecule has 0 radical (unpaired) electrons. The van der Waals surface area contributed by atoms with Gasteiger partial charge >= 0.3 is 0 Å². The predicted molar refractivity (Wildman–Crippen MR) is 271 cm³/mol. The lowest BCUT2D eigenvalue weighted by molar-refractivity contribution is 0.669. The van der Waals surface area contributed by atoms with Crippen LogP contribution in [0.15, 0.2) is 247 Å². The van der Waals surface area contributed by atoms with Crippen LogP contribution in [0.5, 0.6) is 0 Å². The van der Waals surface area contributed by atoms with Gasteiger partial charge in [0.05, 0.1) is 16.8 Å². The van der Waals surface area contributed by atoms with E-state index in [1.165, 1.54) is 44.2 Å². The molecule has 308 valence electrons. The lowest BCUT2D eigenvalue weighted by atomic mass is 9.67. The van der Waals surface area contributed by atoms with Gasteiger partial charge < -0.3 is 4.42 Å². The Morgan fingerprint density at radius 3 is 1.64 bits per heavy atom. The molecule has 0 amide bonds. The first-order valence-electron chi connectivity index (χ1n) is 22.5. The van der Waals surface area contributed by atoms with E-state index in [0.29, 0.717) is 5.82 Å². The molecule has 3 nitrogen and oxygen atoms in total. The third-order valence-corrected chi connectivity index (χ3v) is 13.5. The van der Waals surface area contributed by atoms with Gasteiger partial charge in [0.2, 0.25) is 0 Å². The average molecular weight is 841 g/mol. The first kappa shape index (κ1) is 37.9. The molecule has 0 spiro atoms. The quantitative estimate of drug-likeness (QED) is 0.160. The van der Waals surface area contributed by atoms with Crippen LogP contribution >= 0.6 is 0 Å². The molecule has 1 aliphatic carbocycles. The first-order chi connectivity index (χ1) is 32.7. The van der Waals surface area contributed by atoms with E-state index in [1.807, 2.05) is 18.2 Å². The fourth-order valence-electron chi connectivity index (χ4n) is 10.5. The molecule has 1 aliphatic rings. The number of rotatable bonds is 7. The van der Waals surface area contributed by atoms with Crippen molar-refractivity contribution in [2.75, 3.05) is 0 Å². The summed E-state index contributed by atoms with van der Waals surface area (Å²) in [5.41, 5.74) is 17.8. The summed E-state index contributed by atoms with van der Waals surface area (Å²) in [4.78, 5) is 10.7. The van der Waals surface area contributed by atoms with Crippen molar-refractivity contribution in [3.05, 3.63) is 265 Å². The molecule has 0 fully saturated rings. The number of para-hydroxylation sites is 1. The van der Waals surface area contributed by atoms with Crippen LogP contribution in [0.1, 0.15) is 22.3 Å². The van der Waals surface area contributed by atoms with Crippen molar-refractivity contribution in [3.63, 3.8) is 0 Å². The molecule has 10 aromatic carbocycles. The van der Waals surface area contributed by atoms with Crippen LogP contribution in [0.25, 0.3) is 100.0 Å². The van der Waals surface area contributed by atoms with Crippen LogP contribution in [-0.4, -0.2) is 9.97 Å². The number of aromatic nitrogens is 2. The minimum Gasteiger partial charge on any atom is -0.456 e. The van der Waals surface area contributed by atoms with Crippen LogP contribution in [0.3, 0.4) is 0 Å². The molecule has 3 heteroatoms. The Morgan fingerprint density at radius 2 is 0.864 bits per heavy atom. The standard InChI is InChI=1S/C63H40N2O/c1-4-17-42(18-5-1)62-64-58(46-31-33-57-55(38-46)52-24-12-14-26-56(52)63(57,50-20-6-2-7-21-50)51-22-8-3-9-23-51)40-59(65-62)49-36-47(44-29-28-41-16-10-11-19-43(41)34-44)35-48(37-49)45-30-32-54-53-25-13-15-27-60(53)66-61(54)39-45/h1-40H. The van der Waals surface area contributed by atoms with Crippen molar-refractivity contribution in [1.82, 2.24) is 9.97 Å². The van der Waals surface area contributed by atoms with Crippen molar-refractivity contribution >= 4 is 32.7 Å². The number of hydrogen-bond donors (Lipinski definition) is 0. The second kappa shape index (κ2) is 15.3. The Kier molecular flexibility index (Phi) is 8.75. The maximum absolute atomic E-state index is 6.42. The highest BCUT2D eigenvalue weighted by Gasteiger charge is 2.46. The first-order valence-corrected chi connectivity index (χ1v) is 22.5. The van der Waals surface area contributed by atoms with Crippen molar-refractivity contribution in [2.24, 2.45) is 0 Å². The van der Waals surface area contributed by atoms with Crippen molar-refractivity contribution in [2.45, 2.75) is 5.41 Å². The lowest BCUT2D eigenvalue weighted by Crippen LogP contribution is -2.28. The molecule has 0 unspecified atom stereocenters. The summed E-state index contributed by atoms with van der Waals surface area (Å²) >= 11 is 0. The van der Waals surface area contributed by atoms with Gasteiger partial charge in [-0.15, -0.1) is 0 Å². The molecular weight excluding hydrogens is 801 g/mol. The van der Waals surface area contributed by atoms with Crippen LogP contribution in [0, 0.1) is 0 Å². The Hall–Kier alpha value is -8.66. The highest BCUT2D eigenvalue weighted by atomic mass is 16.3. The normalized spacial score (nSPS) is 12.7. The van der Waals surface area contributed by atoms with E-state index in [4.69, 9.17) is 14.4 Å². The predicted octanol–water partition coefficient (Wildman–Crippen LogP) is 16.2. The Labute approximate surface area is 383 Å². The molecule has 12 aromatic rings. The number of nitrogens with zero attached hydrogens (tertiary/aromatic N) is 2. The molecule has 13 rings (SSSR count). The highest BCUT2D eigenvalue weighted by molar-refractivity contribution is 6.06. The Morgan fingerprint density at radius 1 is 0.303 bits per heavy atom. The van der Waals surface area contributed by atoms with Crippen molar-refractivity contribution in [1.29, 1.82) is 0 Å². The Balaban J connectivity index is 1.02. The topological polar surface area (TPSA) is 38.9 Å². The number of benzene rings is 10. The Bertz CT molecular complexity index is 3780. The van der Waals surface area contributed by atoms with Gasteiger partial charge in [-0.05, 0) is 121 Å². The van der Waals surface area contributed by atoms with Crippen LogP contribution in [0.4, 0.5) is 0 Å². The molecule has 0 bridgehead atoms. The largest absolute Gasteiger partial charge is 0.456 e. The van der Waals surface area contributed by atoms with E-state index in [2.05, 4.69) is 224 Å². The van der Waals surface area contributed by atoms with Crippen LogP contribution in [0.2, 0.25) is 0 Å². The van der Waals surface area contributed by atoms with E-state index < -0.39 is 5.41 Å². The van der Waals surface area contributed by atoms with E-state index in [0.717, 1.165) is 72.3 Å².